The lowest BCUT2D eigenvalue weighted by molar-refractivity contribution is 0.0418. The van der Waals surface area contributed by atoms with Crippen LogP contribution in [0.2, 0.25) is 0 Å². The molecule has 1 amide bonds. The standard InChI is InChI=1S/C13H20N4O2/c1-9-3-4-11(12(14)18)13(16-9)17-5-6-19-10(8-17)7-15-2/h3-4,10,15H,5-8H2,1-2H3,(H2,14,18). The molecule has 1 saturated heterocycles. The van der Waals surface area contributed by atoms with Gasteiger partial charge in [-0.05, 0) is 26.1 Å². The van der Waals surface area contributed by atoms with Crippen LogP contribution in [0.5, 0.6) is 0 Å². The molecule has 0 radical (unpaired) electrons. The first-order chi connectivity index (χ1) is 9.11. The number of pyridine rings is 1. The highest BCUT2D eigenvalue weighted by Gasteiger charge is 2.24. The first-order valence-corrected chi connectivity index (χ1v) is 6.40. The molecular formula is C13H20N4O2. The van der Waals surface area contributed by atoms with E-state index < -0.39 is 5.91 Å². The van der Waals surface area contributed by atoms with Crippen molar-refractivity contribution in [1.29, 1.82) is 0 Å². The maximum Gasteiger partial charge on any atom is 0.252 e. The number of ether oxygens (including phenoxy) is 1. The smallest absolute Gasteiger partial charge is 0.252 e. The highest BCUT2D eigenvalue weighted by Crippen LogP contribution is 2.20. The van der Waals surface area contributed by atoms with Crippen LogP contribution in [0.25, 0.3) is 0 Å². The summed E-state index contributed by atoms with van der Waals surface area (Å²) < 4.78 is 5.65. The van der Waals surface area contributed by atoms with Crippen LogP contribution in [-0.2, 0) is 4.74 Å². The van der Waals surface area contributed by atoms with Gasteiger partial charge in [-0.15, -0.1) is 0 Å². The summed E-state index contributed by atoms with van der Waals surface area (Å²) in [6, 6.07) is 3.54. The fraction of sp³-hybridized carbons (Fsp3) is 0.538. The lowest BCUT2D eigenvalue weighted by atomic mass is 10.2. The summed E-state index contributed by atoms with van der Waals surface area (Å²) in [7, 11) is 1.89. The number of nitrogens with two attached hydrogens (primary N) is 1. The minimum absolute atomic E-state index is 0.0989. The van der Waals surface area contributed by atoms with Crippen LogP contribution in [0.15, 0.2) is 12.1 Å². The molecule has 6 nitrogen and oxygen atoms in total. The molecule has 19 heavy (non-hydrogen) atoms. The number of nitrogens with zero attached hydrogens (tertiary/aromatic N) is 2. The number of hydrogen-bond acceptors (Lipinski definition) is 5. The molecule has 0 aromatic carbocycles. The Balaban J connectivity index is 2.24. The predicted octanol–water partition coefficient (Wildman–Crippen LogP) is -0.0865. The highest BCUT2D eigenvalue weighted by atomic mass is 16.5. The van der Waals surface area contributed by atoms with Crippen LogP contribution >= 0.6 is 0 Å². The van der Waals surface area contributed by atoms with Gasteiger partial charge >= 0.3 is 0 Å². The van der Waals surface area contributed by atoms with Crippen molar-refractivity contribution in [3.8, 4) is 0 Å². The SMILES string of the molecule is CNCC1CN(c2nc(C)ccc2C(N)=O)CCO1. The summed E-state index contributed by atoms with van der Waals surface area (Å²) in [5.74, 6) is 0.219. The van der Waals surface area contributed by atoms with Crippen molar-refractivity contribution in [3.05, 3.63) is 23.4 Å². The van der Waals surface area contributed by atoms with Gasteiger partial charge in [-0.25, -0.2) is 4.98 Å². The van der Waals surface area contributed by atoms with Crippen LogP contribution in [-0.4, -0.2) is 50.3 Å². The Morgan fingerprint density at radius 3 is 3.11 bits per heavy atom. The van der Waals surface area contributed by atoms with E-state index in [2.05, 4.69) is 15.2 Å². The van der Waals surface area contributed by atoms with E-state index in [0.717, 1.165) is 18.8 Å². The Morgan fingerprint density at radius 2 is 2.42 bits per heavy atom. The van der Waals surface area contributed by atoms with Crippen molar-refractivity contribution in [2.45, 2.75) is 13.0 Å². The highest BCUT2D eigenvalue weighted by molar-refractivity contribution is 5.97. The van der Waals surface area contributed by atoms with Crippen molar-refractivity contribution in [1.82, 2.24) is 10.3 Å². The summed E-state index contributed by atoms with van der Waals surface area (Å²) in [4.78, 5) is 18.0. The van der Waals surface area contributed by atoms with Crippen molar-refractivity contribution in [2.24, 2.45) is 5.73 Å². The number of likely N-dealkylation sites (N-methyl/N-ethyl adjacent to an activating group) is 1. The van der Waals surface area contributed by atoms with E-state index in [9.17, 15) is 4.79 Å². The average Bonchev–Trinajstić information content (AvgIpc) is 2.39. The van der Waals surface area contributed by atoms with Gasteiger partial charge in [-0.3, -0.25) is 4.79 Å². The van der Waals surface area contributed by atoms with Gasteiger partial charge in [0.25, 0.3) is 5.91 Å². The molecule has 0 bridgehead atoms. The molecule has 1 aromatic heterocycles. The molecule has 1 aromatic rings. The van der Waals surface area contributed by atoms with Gasteiger partial charge in [0, 0.05) is 25.3 Å². The number of rotatable bonds is 4. The molecule has 1 aliphatic rings. The van der Waals surface area contributed by atoms with Gasteiger partial charge in [0.1, 0.15) is 5.82 Å². The predicted molar refractivity (Wildman–Crippen MR) is 73.4 cm³/mol. The van der Waals surface area contributed by atoms with Crippen LogP contribution in [0.4, 0.5) is 5.82 Å². The van der Waals surface area contributed by atoms with Gasteiger partial charge in [0.05, 0.1) is 18.3 Å². The Bertz CT molecular complexity index is 462. The third-order valence-electron chi connectivity index (χ3n) is 3.15. The van der Waals surface area contributed by atoms with Crippen molar-refractivity contribution < 1.29 is 9.53 Å². The zero-order chi connectivity index (χ0) is 13.8. The monoisotopic (exact) mass is 264 g/mol. The van der Waals surface area contributed by atoms with E-state index in [0.29, 0.717) is 24.5 Å². The number of carbonyl (C=O) groups is 1. The molecular weight excluding hydrogens is 244 g/mol. The minimum atomic E-state index is -0.445. The fourth-order valence-electron chi connectivity index (χ4n) is 2.24. The maximum absolute atomic E-state index is 11.5. The van der Waals surface area contributed by atoms with Gasteiger partial charge in [-0.2, -0.15) is 0 Å². The van der Waals surface area contributed by atoms with Gasteiger partial charge in [-0.1, -0.05) is 0 Å². The average molecular weight is 264 g/mol. The van der Waals surface area contributed by atoms with Crippen molar-refractivity contribution in [2.75, 3.05) is 38.2 Å². The lowest BCUT2D eigenvalue weighted by Gasteiger charge is -2.34. The summed E-state index contributed by atoms with van der Waals surface area (Å²) in [5.41, 5.74) is 6.76. The van der Waals surface area contributed by atoms with Crippen LogP contribution in [0.1, 0.15) is 16.1 Å². The first-order valence-electron chi connectivity index (χ1n) is 6.40. The maximum atomic E-state index is 11.5. The molecule has 0 spiro atoms. The van der Waals surface area contributed by atoms with E-state index >= 15 is 0 Å². The van der Waals surface area contributed by atoms with E-state index in [-0.39, 0.29) is 6.10 Å². The third-order valence-corrected chi connectivity index (χ3v) is 3.15. The number of aromatic nitrogens is 1. The normalized spacial score (nSPS) is 19.5. The second-order valence-electron chi connectivity index (χ2n) is 4.68. The Labute approximate surface area is 112 Å². The summed E-state index contributed by atoms with van der Waals surface area (Å²) in [6.45, 7) is 4.72. The minimum Gasteiger partial charge on any atom is -0.373 e. The zero-order valence-electron chi connectivity index (χ0n) is 11.3. The molecule has 1 fully saturated rings. The largest absolute Gasteiger partial charge is 0.373 e. The number of aryl methyl sites for hydroxylation is 1. The summed E-state index contributed by atoms with van der Waals surface area (Å²) >= 11 is 0. The number of amides is 1. The van der Waals surface area contributed by atoms with E-state index in [4.69, 9.17) is 10.5 Å². The molecule has 2 rings (SSSR count). The van der Waals surface area contributed by atoms with Crippen molar-refractivity contribution in [3.63, 3.8) is 0 Å². The molecule has 2 heterocycles. The lowest BCUT2D eigenvalue weighted by Crippen LogP contribution is -2.47. The summed E-state index contributed by atoms with van der Waals surface area (Å²) in [5, 5.41) is 3.09. The molecule has 1 atom stereocenters. The van der Waals surface area contributed by atoms with E-state index in [1.807, 2.05) is 14.0 Å². The van der Waals surface area contributed by atoms with Crippen LogP contribution < -0.4 is 16.0 Å². The number of primary amides is 1. The molecule has 3 N–H and O–H groups in total. The molecule has 1 aliphatic heterocycles. The Kier molecular flexibility index (Phi) is 4.34. The Morgan fingerprint density at radius 1 is 1.63 bits per heavy atom. The second kappa shape index (κ2) is 5.99. The third kappa shape index (κ3) is 3.21. The molecule has 6 heteroatoms. The van der Waals surface area contributed by atoms with E-state index in [1.54, 1.807) is 12.1 Å². The number of morpholine rings is 1. The number of nitrogens with one attached hydrogen (secondary N) is 1. The van der Waals surface area contributed by atoms with E-state index in [1.165, 1.54) is 0 Å². The van der Waals surface area contributed by atoms with Gasteiger partial charge < -0.3 is 20.7 Å². The second-order valence-corrected chi connectivity index (χ2v) is 4.68. The fourth-order valence-corrected chi connectivity index (χ4v) is 2.24. The zero-order valence-corrected chi connectivity index (χ0v) is 11.3. The molecule has 104 valence electrons. The quantitative estimate of drug-likeness (QED) is 0.794. The van der Waals surface area contributed by atoms with Crippen LogP contribution in [0, 0.1) is 6.92 Å². The summed E-state index contributed by atoms with van der Waals surface area (Å²) in [6.07, 6.45) is 0.0989. The number of carbonyl (C=O) groups excluding carboxylic acids is 1. The Hall–Kier alpha value is -1.66. The van der Waals surface area contributed by atoms with Crippen LogP contribution in [0.3, 0.4) is 0 Å². The topological polar surface area (TPSA) is 80.5 Å². The number of anilines is 1. The van der Waals surface area contributed by atoms with Gasteiger partial charge in [0.15, 0.2) is 0 Å². The first kappa shape index (κ1) is 13.8. The molecule has 0 saturated carbocycles. The number of hydrogen-bond donors (Lipinski definition) is 2. The molecule has 1 unspecified atom stereocenters. The molecule has 0 aliphatic carbocycles. The van der Waals surface area contributed by atoms with Gasteiger partial charge in [0.2, 0.25) is 0 Å². The van der Waals surface area contributed by atoms with Crippen molar-refractivity contribution >= 4 is 11.7 Å².